The number of ether oxygens (including phenoxy) is 1. The molecule has 0 radical (unpaired) electrons. The molecule has 0 spiro atoms. The monoisotopic (exact) mass is 207 g/mol. The van der Waals surface area contributed by atoms with Crippen LogP contribution in [0.4, 0.5) is 0 Å². The van der Waals surface area contributed by atoms with E-state index in [-0.39, 0.29) is 12.3 Å². The first-order valence-corrected chi connectivity index (χ1v) is 4.90. The summed E-state index contributed by atoms with van der Waals surface area (Å²) in [5, 5.41) is 0. The maximum Gasteiger partial charge on any atom is 0.156 e. The lowest BCUT2D eigenvalue weighted by atomic mass is 9.80. The van der Waals surface area contributed by atoms with E-state index in [1.165, 1.54) is 0 Å². The van der Waals surface area contributed by atoms with E-state index in [9.17, 15) is 4.79 Å². The van der Waals surface area contributed by atoms with Gasteiger partial charge in [-0.1, -0.05) is 12.1 Å². The molecule has 3 nitrogen and oxygen atoms in total. The Morgan fingerprint density at radius 2 is 2.13 bits per heavy atom. The zero-order valence-electron chi connectivity index (χ0n) is 9.41. The first-order valence-electron chi connectivity index (χ1n) is 4.90. The second kappa shape index (κ2) is 4.45. The van der Waals surface area contributed by atoms with Gasteiger partial charge in [0.25, 0.3) is 0 Å². The van der Waals surface area contributed by atoms with Crippen molar-refractivity contribution in [1.82, 2.24) is 0 Å². The molecule has 0 atom stereocenters. The van der Waals surface area contributed by atoms with E-state index < -0.39 is 5.41 Å². The summed E-state index contributed by atoms with van der Waals surface area (Å²) in [6, 6.07) is 7.51. The Morgan fingerprint density at radius 1 is 1.47 bits per heavy atom. The molecule has 0 saturated heterocycles. The van der Waals surface area contributed by atoms with Gasteiger partial charge in [0.2, 0.25) is 0 Å². The first kappa shape index (κ1) is 11.7. The number of Topliss-reactive ketones (excluding diaryl/α,β-unsaturated/α-hetero) is 1. The number of methoxy groups -OCH3 is 1. The molecule has 3 heteroatoms. The Bertz CT molecular complexity index is 358. The summed E-state index contributed by atoms with van der Waals surface area (Å²) in [5.41, 5.74) is 5.76. The largest absolute Gasteiger partial charge is 0.497 e. The molecule has 0 aliphatic rings. The zero-order chi connectivity index (χ0) is 11.5. The van der Waals surface area contributed by atoms with Crippen LogP contribution in [0.2, 0.25) is 0 Å². The van der Waals surface area contributed by atoms with Crippen molar-refractivity contribution in [3.63, 3.8) is 0 Å². The van der Waals surface area contributed by atoms with E-state index in [2.05, 4.69) is 0 Å². The molecule has 2 N–H and O–H groups in total. The third-order valence-corrected chi connectivity index (χ3v) is 2.67. The maximum absolute atomic E-state index is 11.7. The van der Waals surface area contributed by atoms with Crippen LogP contribution < -0.4 is 10.5 Å². The van der Waals surface area contributed by atoms with Gasteiger partial charge in [0, 0.05) is 5.41 Å². The number of hydrogen-bond acceptors (Lipinski definition) is 3. The molecule has 0 saturated carbocycles. The van der Waals surface area contributed by atoms with Crippen LogP contribution in [0, 0.1) is 0 Å². The topological polar surface area (TPSA) is 52.3 Å². The maximum atomic E-state index is 11.7. The van der Waals surface area contributed by atoms with Crippen molar-refractivity contribution in [2.75, 3.05) is 13.7 Å². The lowest BCUT2D eigenvalue weighted by Crippen LogP contribution is -2.34. The lowest BCUT2D eigenvalue weighted by Gasteiger charge is -2.23. The fourth-order valence-electron chi connectivity index (χ4n) is 1.43. The molecule has 0 unspecified atom stereocenters. The van der Waals surface area contributed by atoms with Gasteiger partial charge >= 0.3 is 0 Å². The van der Waals surface area contributed by atoms with Gasteiger partial charge in [0.15, 0.2) is 5.78 Å². The molecule has 0 aliphatic heterocycles. The Hall–Kier alpha value is -1.35. The highest BCUT2D eigenvalue weighted by atomic mass is 16.5. The van der Waals surface area contributed by atoms with Gasteiger partial charge in [0.05, 0.1) is 13.7 Å². The quantitative estimate of drug-likeness (QED) is 0.814. The highest BCUT2D eigenvalue weighted by Gasteiger charge is 2.28. The van der Waals surface area contributed by atoms with Crippen LogP contribution in [-0.4, -0.2) is 19.4 Å². The third kappa shape index (κ3) is 2.36. The van der Waals surface area contributed by atoms with Crippen molar-refractivity contribution in [3.05, 3.63) is 29.8 Å². The minimum atomic E-state index is -0.552. The number of nitrogens with two attached hydrogens (primary N) is 1. The average molecular weight is 207 g/mol. The van der Waals surface area contributed by atoms with E-state index in [1.807, 2.05) is 38.1 Å². The molecular formula is C12H17NO2. The summed E-state index contributed by atoms with van der Waals surface area (Å²) < 4.78 is 5.12. The molecule has 0 bridgehead atoms. The van der Waals surface area contributed by atoms with Crippen LogP contribution in [0.1, 0.15) is 19.4 Å². The van der Waals surface area contributed by atoms with Crippen LogP contribution in [-0.2, 0) is 10.2 Å². The first-order chi connectivity index (χ1) is 7.02. The summed E-state index contributed by atoms with van der Waals surface area (Å²) in [5.74, 6) is 0.779. The van der Waals surface area contributed by atoms with Crippen LogP contribution in [0.15, 0.2) is 24.3 Å². The predicted octanol–water partition coefficient (Wildman–Crippen LogP) is 1.50. The van der Waals surface area contributed by atoms with Crippen molar-refractivity contribution in [2.45, 2.75) is 19.3 Å². The standard InChI is InChI=1S/C12H17NO2/c1-12(2,11(14)8-13)9-5-4-6-10(7-9)15-3/h4-7H,8,13H2,1-3H3. The SMILES string of the molecule is COc1cccc(C(C)(C)C(=O)CN)c1. The van der Waals surface area contributed by atoms with E-state index in [0.29, 0.717) is 0 Å². The summed E-state index contributed by atoms with van der Waals surface area (Å²) in [6.07, 6.45) is 0. The summed E-state index contributed by atoms with van der Waals surface area (Å²) in [7, 11) is 1.61. The van der Waals surface area contributed by atoms with Gasteiger partial charge in [0.1, 0.15) is 5.75 Å². The molecule has 1 aromatic carbocycles. The van der Waals surface area contributed by atoms with Crippen LogP contribution in [0.25, 0.3) is 0 Å². The van der Waals surface area contributed by atoms with E-state index in [1.54, 1.807) is 7.11 Å². The minimum absolute atomic E-state index is 0.0238. The van der Waals surface area contributed by atoms with Gasteiger partial charge in [-0.3, -0.25) is 4.79 Å². The summed E-state index contributed by atoms with van der Waals surface area (Å²) in [6.45, 7) is 3.80. The Kier molecular flexibility index (Phi) is 3.48. The van der Waals surface area contributed by atoms with Gasteiger partial charge in [-0.05, 0) is 31.5 Å². The third-order valence-electron chi connectivity index (χ3n) is 2.67. The van der Waals surface area contributed by atoms with Crippen LogP contribution in [0.3, 0.4) is 0 Å². The number of hydrogen-bond donors (Lipinski definition) is 1. The molecule has 0 fully saturated rings. The van der Waals surface area contributed by atoms with Crippen molar-refractivity contribution >= 4 is 5.78 Å². The number of carbonyl (C=O) groups excluding carboxylic acids is 1. The molecule has 0 aromatic heterocycles. The highest BCUT2D eigenvalue weighted by Crippen LogP contribution is 2.26. The molecular weight excluding hydrogens is 190 g/mol. The number of ketones is 1. The highest BCUT2D eigenvalue weighted by molar-refractivity contribution is 5.90. The van der Waals surface area contributed by atoms with Gasteiger partial charge in [-0.15, -0.1) is 0 Å². The van der Waals surface area contributed by atoms with Gasteiger partial charge < -0.3 is 10.5 Å². The fourth-order valence-corrected chi connectivity index (χ4v) is 1.43. The Morgan fingerprint density at radius 3 is 2.67 bits per heavy atom. The van der Waals surface area contributed by atoms with Gasteiger partial charge in [-0.2, -0.15) is 0 Å². The number of carbonyl (C=O) groups is 1. The van der Waals surface area contributed by atoms with Crippen molar-refractivity contribution in [1.29, 1.82) is 0 Å². The minimum Gasteiger partial charge on any atom is -0.497 e. The number of rotatable bonds is 4. The molecule has 0 aliphatic carbocycles. The smallest absolute Gasteiger partial charge is 0.156 e. The molecule has 1 aromatic rings. The van der Waals surface area contributed by atoms with E-state index >= 15 is 0 Å². The van der Waals surface area contributed by atoms with Crippen molar-refractivity contribution in [3.8, 4) is 5.75 Å². The molecule has 15 heavy (non-hydrogen) atoms. The van der Waals surface area contributed by atoms with E-state index in [0.717, 1.165) is 11.3 Å². The second-order valence-corrected chi connectivity index (χ2v) is 3.98. The Balaban J connectivity index is 3.09. The molecule has 0 heterocycles. The predicted molar refractivity (Wildman–Crippen MR) is 60.1 cm³/mol. The Labute approximate surface area is 90.2 Å². The van der Waals surface area contributed by atoms with Crippen LogP contribution in [0.5, 0.6) is 5.75 Å². The zero-order valence-corrected chi connectivity index (χ0v) is 9.41. The van der Waals surface area contributed by atoms with E-state index in [4.69, 9.17) is 10.5 Å². The second-order valence-electron chi connectivity index (χ2n) is 3.98. The normalized spacial score (nSPS) is 11.2. The fraction of sp³-hybridized carbons (Fsp3) is 0.417. The van der Waals surface area contributed by atoms with Crippen molar-refractivity contribution in [2.24, 2.45) is 5.73 Å². The average Bonchev–Trinajstić information content (AvgIpc) is 2.27. The number of benzene rings is 1. The summed E-state index contributed by atoms with van der Waals surface area (Å²) >= 11 is 0. The molecule has 82 valence electrons. The molecule has 0 amide bonds. The van der Waals surface area contributed by atoms with Gasteiger partial charge in [-0.25, -0.2) is 0 Å². The molecule has 1 rings (SSSR count). The van der Waals surface area contributed by atoms with Crippen molar-refractivity contribution < 1.29 is 9.53 Å². The lowest BCUT2D eigenvalue weighted by molar-refractivity contribution is -0.122. The summed E-state index contributed by atoms with van der Waals surface area (Å²) in [4.78, 5) is 11.7. The van der Waals surface area contributed by atoms with Crippen LogP contribution >= 0.6 is 0 Å².